The van der Waals surface area contributed by atoms with Gasteiger partial charge in [-0.3, -0.25) is 9.20 Å². The largest absolute Gasteiger partial charge is 0.444 e. The fraction of sp³-hybridized carbons (Fsp3) is 0.550. The van der Waals surface area contributed by atoms with E-state index < -0.39 is 21.5 Å². The lowest BCUT2D eigenvalue weighted by Gasteiger charge is -2.35. The molecule has 1 fully saturated rings. The zero-order valence-electron chi connectivity index (χ0n) is 17.7. The normalized spacial score (nSPS) is 17.7. The first-order chi connectivity index (χ1) is 14.0. The zero-order chi connectivity index (χ0) is 22.1. The van der Waals surface area contributed by atoms with E-state index in [2.05, 4.69) is 10.3 Å². The second-order valence-electron chi connectivity index (χ2n) is 8.50. The minimum atomic E-state index is -3.62. The number of hydrogen-bond donors (Lipinski definition) is 1. The molecular formula is C20H28N4O5S. The summed E-state index contributed by atoms with van der Waals surface area (Å²) in [6.45, 7) is 6.12. The summed E-state index contributed by atoms with van der Waals surface area (Å²) in [5, 5.41) is 2.57. The van der Waals surface area contributed by atoms with Crippen LogP contribution in [0.15, 0.2) is 29.6 Å². The molecule has 3 heterocycles. The summed E-state index contributed by atoms with van der Waals surface area (Å²) in [6, 6.07) is 4.87. The fourth-order valence-electron chi connectivity index (χ4n) is 3.56. The first-order valence-electron chi connectivity index (χ1n) is 9.92. The highest BCUT2D eigenvalue weighted by molar-refractivity contribution is 7.90. The molecule has 1 aliphatic heterocycles. The molecule has 1 N–H and O–H groups in total. The number of nitrogens with one attached hydrogen (secondary N) is 1. The predicted octanol–water partition coefficient (Wildman–Crippen LogP) is 2.26. The average molecular weight is 437 g/mol. The summed E-state index contributed by atoms with van der Waals surface area (Å²) in [6.07, 6.45) is 4.60. The van der Waals surface area contributed by atoms with Gasteiger partial charge in [0.15, 0.2) is 5.69 Å². The van der Waals surface area contributed by atoms with Crippen LogP contribution in [0.2, 0.25) is 0 Å². The molecule has 10 heteroatoms. The monoisotopic (exact) mass is 436 g/mol. The van der Waals surface area contributed by atoms with E-state index in [1.807, 2.05) is 0 Å². The molecule has 1 aliphatic rings. The van der Waals surface area contributed by atoms with Gasteiger partial charge in [-0.05, 0) is 52.2 Å². The third-order valence-corrected chi connectivity index (χ3v) is 5.77. The quantitative estimate of drug-likeness (QED) is 0.787. The number of carbonyl (C=O) groups is 2. The molecule has 0 radical (unpaired) electrons. The molecule has 0 spiro atoms. The van der Waals surface area contributed by atoms with Gasteiger partial charge >= 0.3 is 6.09 Å². The molecule has 2 aromatic rings. The zero-order valence-corrected chi connectivity index (χ0v) is 18.5. The van der Waals surface area contributed by atoms with Crippen molar-refractivity contribution >= 4 is 27.4 Å². The summed E-state index contributed by atoms with van der Waals surface area (Å²) in [4.78, 5) is 31.2. The topological polar surface area (TPSA) is 110 Å². The lowest BCUT2D eigenvalue weighted by molar-refractivity contribution is 0.0461. The third kappa shape index (κ3) is 4.92. The van der Waals surface area contributed by atoms with Gasteiger partial charge in [0.2, 0.25) is 15.0 Å². The number of rotatable bonds is 4. The van der Waals surface area contributed by atoms with E-state index in [-0.39, 0.29) is 29.3 Å². The molecule has 30 heavy (non-hydrogen) atoms. The number of alkyl carbamates (subject to hydrolysis) is 1. The summed E-state index contributed by atoms with van der Waals surface area (Å²) in [7, 11) is -3.62. The lowest BCUT2D eigenvalue weighted by Crippen LogP contribution is -2.50. The van der Waals surface area contributed by atoms with E-state index in [9.17, 15) is 18.0 Å². The van der Waals surface area contributed by atoms with Gasteiger partial charge in [-0.15, -0.1) is 0 Å². The minimum Gasteiger partial charge on any atom is -0.444 e. The van der Waals surface area contributed by atoms with Crippen LogP contribution in [0.3, 0.4) is 0 Å². The number of carbonyl (C=O) groups excluding carboxylic acids is 2. The number of amides is 2. The maximum Gasteiger partial charge on any atom is 0.407 e. The van der Waals surface area contributed by atoms with Crippen molar-refractivity contribution in [1.82, 2.24) is 19.6 Å². The molecule has 1 saturated heterocycles. The van der Waals surface area contributed by atoms with Crippen molar-refractivity contribution < 1.29 is 22.7 Å². The minimum absolute atomic E-state index is 0.0974. The highest BCUT2D eigenvalue weighted by Gasteiger charge is 2.32. The van der Waals surface area contributed by atoms with E-state index in [0.29, 0.717) is 12.1 Å². The third-order valence-electron chi connectivity index (χ3n) is 4.82. The summed E-state index contributed by atoms with van der Waals surface area (Å²) in [5.74, 6) is -0.343. The molecule has 1 unspecified atom stereocenters. The summed E-state index contributed by atoms with van der Waals surface area (Å²) < 4.78 is 31.0. The average Bonchev–Trinajstić information content (AvgIpc) is 3.05. The van der Waals surface area contributed by atoms with Gasteiger partial charge in [-0.2, -0.15) is 0 Å². The number of piperidine rings is 1. The molecule has 1 atom stereocenters. The van der Waals surface area contributed by atoms with Crippen LogP contribution < -0.4 is 5.32 Å². The van der Waals surface area contributed by atoms with Gasteiger partial charge in [0.25, 0.3) is 5.91 Å². The van der Waals surface area contributed by atoms with Crippen LogP contribution >= 0.6 is 0 Å². The van der Waals surface area contributed by atoms with Crippen LogP contribution in [-0.4, -0.2) is 65.7 Å². The van der Waals surface area contributed by atoms with Crippen molar-refractivity contribution in [2.45, 2.75) is 56.8 Å². The maximum atomic E-state index is 13.3. The standard InChI is InChI=1S/C20H28N4O5S/c1-20(2,3)29-19(26)21-13-14-9-5-7-11-23(14)17(25)16-15-10-6-8-12-24(15)18(22-16)30(4,27)28/h6,8,10,12,14H,5,7,9,11,13H2,1-4H3,(H,21,26). The van der Waals surface area contributed by atoms with Crippen LogP contribution in [0.5, 0.6) is 0 Å². The number of fused-ring (bicyclic) bond motifs is 1. The van der Waals surface area contributed by atoms with Crippen LogP contribution in [0.4, 0.5) is 4.79 Å². The van der Waals surface area contributed by atoms with Crippen LogP contribution in [-0.2, 0) is 14.6 Å². The van der Waals surface area contributed by atoms with E-state index in [0.717, 1.165) is 25.5 Å². The van der Waals surface area contributed by atoms with Crippen molar-refractivity contribution in [3.8, 4) is 0 Å². The number of pyridine rings is 1. The fourth-order valence-corrected chi connectivity index (χ4v) is 4.33. The first-order valence-corrected chi connectivity index (χ1v) is 11.8. The number of nitrogens with zero attached hydrogens (tertiary/aromatic N) is 3. The molecule has 0 bridgehead atoms. The molecule has 2 amide bonds. The Morgan fingerprint density at radius 2 is 2.00 bits per heavy atom. The molecular weight excluding hydrogens is 408 g/mol. The second kappa shape index (κ2) is 8.25. The van der Waals surface area contributed by atoms with Crippen molar-refractivity contribution in [1.29, 1.82) is 0 Å². The Morgan fingerprint density at radius 1 is 1.27 bits per heavy atom. The maximum absolute atomic E-state index is 13.3. The molecule has 2 aromatic heterocycles. The summed E-state index contributed by atoms with van der Waals surface area (Å²) in [5.41, 5.74) is -0.0728. The van der Waals surface area contributed by atoms with Crippen molar-refractivity contribution in [2.75, 3.05) is 19.3 Å². The van der Waals surface area contributed by atoms with Crippen LogP contribution in [0.1, 0.15) is 50.5 Å². The highest BCUT2D eigenvalue weighted by atomic mass is 32.2. The molecule has 0 aromatic carbocycles. The van der Waals surface area contributed by atoms with Gasteiger partial charge < -0.3 is 15.0 Å². The Bertz CT molecular complexity index is 1050. The van der Waals surface area contributed by atoms with Gasteiger partial charge in [0.05, 0.1) is 5.52 Å². The number of imidazole rings is 1. The lowest BCUT2D eigenvalue weighted by atomic mass is 10.0. The molecule has 0 saturated carbocycles. The molecule has 3 rings (SSSR count). The summed E-state index contributed by atoms with van der Waals surface area (Å²) >= 11 is 0. The smallest absolute Gasteiger partial charge is 0.407 e. The number of ether oxygens (including phenoxy) is 1. The second-order valence-corrected chi connectivity index (χ2v) is 10.4. The Kier molecular flexibility index (Phi) is 6.07. The number of sulfone groups is 1. The molecule has 9 nitrogen and oxygen atoms in total. The molecule has 0 aliphatic carbocycles. The van der Waals surface area contributed by atoms with Gasteiger partial charge in [0.1, 0.15) is 5.60 Å². The van der Waals surface area contributed by atoms with E-state index in [1.165, 1.54) is 4.40 Å². The SMILES string of the molecule is CC(C)(C)OC(=O)NCC1CCCCN1C(=O)c1nc(S(C)(=O)=O)n2ccccc12. The predicted molar refractivity (Wildman–Crippen MR) is 111 cm³/mol. The Labute approximate surface area is 176 Å². The molecule has 164 valence electrons. The van der Waals surface area contributed by atoms with Crippen LogP contribution in [0, 0.1) is 0 Å². The number of hydrogen-bond acceptors (Lipinski definition) is 6. The van der Waals surface area contributed by atoms with Gasteiger partial charge in [-0.1, -0.05) is 6.07 Å². The van der Waals surface area contributed by atoms with Crippen molar-refractivity contribution in [3.63, 3.8) is 0 Å². The van der Waals surface area contributed by atoms with Crippen LogP contribution in [0.25, 0.3) is 5.52 Å². The van der Waals surface area contributed by atoms with E-state index in [1.54, 1.807) is 50.1 Å². The highest BCUT2D eigenvalue weighted by Crippen LogP contribution is 2.23. The Balaban J connectivity index is 1.85. The number of aromatic nitrogens is 2. The first kappa shape index (κ1) is 22.1. The Hall–Kier alpha value is -2.62. The number of likely N-dealkylation sites (tertiary alicyclic amines) is 1. The van der Waals surface area contributed by atoms with Crippen molar-refractivity contribution in [3.05, 3.63) is 30.1 Å². The van der Waals surface area contributed by atoms with Gasteiger partial charge in [0, 0.05) is 31.6 Å². The van der Waals surface area contributed by atoms with Crippen molar-refractivity contribution in [2.24, 2.45) is 0 Å². The van der Waals surface area contributed by atoms with Gasteiger partial charge in [-0.25, -0.2) is 18.2 Å². The Morgan fingerprint density at radius 3 is 2.67 bits per heavy atom. The van der Waals surface area contributed by atoms with E-state index >= 15 is 0 Å². The van der Waals surface area contributed by atoms with E-state index in [4.69, 9.17) is 4.74 Å².